The van der Waals surface area contributed by atoms with Gasteiger partial charge in [0.25, 0.3) is 5.56 Å². The van der Waals surface area contributed by atoms with E-state index in [1.807, 2.05) is 0 Å². The molecule has 0 bridgehead atoms. The zero-order chi connectivity index (χ0) is 23.5. The van der Waals surface area contributed by atoms with E-state index in [0.29, 0.717) is 41.2 Å². The molecule has 4 rings (SSSR count). The smallest absolute Gasteiger partial charge is 0.290 e. The summed E-state index contributed by atoms with van der Waals surface area (Å²) in [5, 5.41) is 11.3. The van der Waals surface area contributed by atoms with E-state index in [1.54, 1.807) is 42.0 Å². The van der Waals surface area contributed by atoms with E-state index >= 15 is 0 Å². The lowest BCUT2D eigenvalue weighted by Gasteiger charge is -2.32. The van der Waals surface area contributed by atoms with Crippen molar-refractivity contribution in [2.75, 3.05) is 33.0 Å². The first-order valence-electron chi connectivity index (χ1n) is 10.4. The molecule has 33 heavy (non-hydrogen) atoms. The van der Waals surface area contributed by atoms with Crippen molar-refractivity contribution in [3.05, 3.63) is 52.5 Å². The third-order valence-electron chi connectivity index (χ3n) is 5.56. The number of nitrogens with one attached hydrogen (secondary N) is 1. The largest absolute Gasteiger partial charge is 0.497 e. The van der Waals surface area contributed by atoms with Gasteiger partial charge in [-0.05, 0) is 37.0 Å². The van der Waals surface area contributed by atoms with Gasteiger partial charge in [-0.2, -0.15) is 10.2 Å². The van der Waals surface area contributed by atoms with Gasteiger partial charge in [-0.3, -0.25) is 14.3 Å². The Balaban J connectivity index is 1.81. The van der Waals surface area contributed by atoms with E-state index in [-0.39, 0.29) is 23.3 Å². The molecule has 3 heterocycles. The topological polar surface area (TPSA) is 128 Å². The number of fused-ring (bicyclic) bond motifs is 1. The van der Waals surface area contributed by atoms with Gasteiger partial charge < -0.3 is 20.1 Å². The molecule has 0 spiro atoms. The number of amides is 1. The minimum absolute atomic E-state index is 0.123. The Hall–Kier alpha value is -4.26. The number of ether oxygens (including phenoxy) is 2. The van der Waals surface area contributed by atoms with Crippen LogP contribution in [0, 0.1) is 11.8 Å². The first-order valence-corrected chi connectivity index (χ1v) is 10.4. The summed E-state index contributed by atoms with van der Waals surface area (Å²) >= 11 is 0. The van der Waals surface area contributed by atoms with Gasteiger partial charge in [0, 0.05) is 24.7 Å². The molecule has 1 saturated heterocycles. The van der Waals surface area contributed by atoms with Gasteiger partial charge in [-0.25, -0.2) is 5.10 Å². The molecule has 3 aromatic rings. The number of nitrogens with two attached hydrogens (primary N) is 1. The average Bonchev–Trinajstić information content (AvgIpc) is 3.25. The number of carbonyl (C=O) groups is 1. The highest BCUT2D eigenvalue weighted by molar-refractivity contribution is 5.92. The fourth-order valence-electron chi connectivity index (χ4n) is 3.96. The maximum Gasteiger partial charge on any atom is 0.290 e. The lowest BCUT2D eigenvalue weighted by Crippen LogP contribution is -2.40. The quantitative estimate of drug-likeness (QED) is 0.457. The summed E-state index contributed by atoms with van der Waals surface area (Å²) in [6, 6.07) is 5.07. The van der Waals surface area contributed by atoms with Crippen LogP contribution >= 0.6 is 0 Å². The van der Waals surface area contributed by atoms with Crippen LogP contribution in [-0.2, 0) is 4.79 Å². The highest BCUT2D eigenvalue weighted by atomic mass is 16.5. The van der Waals surface area contributed by atoms with Gasteiger partial charge in [0.05, 0.1) is 25.6 Å². The highest BCUT2D eigenvalue weighted by Gasteiger charge is 2.28. The van der Waals surface area contributed by atoms with Crippen molar-refractivity contribution in [3.63, 3.8) is 0 Å². The minimum atomic E-state index is -0.421. The third-order valence-corrected chi connectivity index (χ3v) is 5.56. The molecule has 10 nitrogen and oxygen atoms in total. The second-order valence-electron chi connectivity index (χ2n) is 7.59. The summed E-state index contributed by atoms with van der Waals surface area (Å²) in [4.78, 5) is 26.5. The lowest BCUT2D eigenvalue weighted by atomic mass is 10.1. The highest BCUT2D eigenvalue weighted by Crippen LogP contribution is 2.28. The van der Waals surface area contributed by atoms with E-state index in [9.17, 15) is 9.59 Å². The number of anilines is 1. The van der Waals surface area contributed by atoms with E-state index < -0.39 is 5.56 Å². The van der Waals surface area contributed by atoms with Crippen molar-refractivity contribution in [2.24, 2.45) is 0 Å². The van der Waals surface area contributed by atoms with E-state index in [1.165, 1.54) is 6.08 Å². The molecule has 170 valence electrons. The number of piperidine rings is 1. The van der Waals surface area contributed by atoms with Crippen molar-refractivity contribution in [1.82, 2.24) is 24.9 Å². The Kier molecular flexibility index (Phi) is 6.04. The number of nitrogens with zero attached hydrogens (tertiary/aromatic N) is 4. The molecule has 0 saturated carbocycles. The summed E-state index contributed by atoms with van der Waals surface area (Å²) in [5.74, 6) is 7.22. The van der Waals surface area contributed by atoms with Crippen LogP contribution in [0.15, 0.2) is 35.6 Å². The van der Waals surface area contributed by atoms with Gasteiger partial charge in [-0.1, -0.05) is 12.5 Å². The molecule has 0 unspecified atom stereocenters. The van der Waals surface area contributed by atoms with Gasteiger partial charge in [0.2, 0.25) is 5.91 Å². The Morgan fingerprint density at radius 2 is 2.00 bits per heavy atom. The van der Waals surface area contributed by atoms with Crippen molar-refractivity contribution >= 4 is 22.6 Å². The number of aromatic nitrogens is 4. The first kappa shape index (κ1) is 22.0. The molecule has 3 N–H and O–H groups in total. The van der Waals surface area contributed by atoms with Crippen LogP contribution in [0.1, 0.15) is 30.1 Å². The van der Waals surface area contributed by atoms with Crippen LogP contribution in [0.3, 0.4) is 0 Å². The predicted octanol–water partition coefficient (Wildman–Crippen LogP) is 1.47. The molecule has 1 aliphatic rings. The average molecular weight is 448 g/mol. The lowest BCUT2D eigenvalue weighted by molar-refractivity contribution is -0.127. The maximum absolute atomic E-state index is 12.7. The van der Waals surface area contributed by atoms with Crippen LogP contribution in [-0.4, -0.2) is 58.1 Å². The predicted molar refractivity (Wildman–Crippen MR) is 123 cm³/mol. The SMILES string of the molecule is C=CC(=O)N1CCC[C@H](n2nc(C#Cc3cc(OC)cc(OC)c3)c3c(N)n[nH]c(=O)c32)C1. The standard InChI is InChI=1S/C23H24N6O4/c1-4-19(30)28-9-5-6-15(13-28)29-21-20(22(24)25-26-23(21)31)18(27-29)8-7-14-10-16(32-2)12-17(11-14)33-3/h4,10-12,15H,1,5-6,9,13H2,2-3H3,(H2,24,25)(H,26,31)/t15-/m0/s1. The third kappa shape index (κ3) is 4.25. The van der Waals surface area contributed by atoms with Crippen LogP contribution in [0.25, 0.3) is 10.9 Å². The Morgan fingerprint density at radius 1 is 1.27 bits per heavy atom. The van der Waals surface area contributed by atoms with Crippen LogP contribution in [0.2, 0.25) is 0 Å². The summed E-state index contributed by atoms with van der Waals surface area (Å²) in [6.07, 6.45) is 2.81. The molecule has 10 heteroatoms. The zero-order valence-electron chi connectivity index (χ0n) is 18.4. The van der Waals surface area contributed by atoms with Crippen molar-refractivity contribution in [2.45, 2.75) is 18.9 Å². The van der Waals surface area contributed by atoms with Crippen LogP contribution in [0.4, 0.5) is 5.82 Å². The molecule has 0 radical (unpaired) electrons. The molecule has 2 aromatic heterocycles. The fourth-order valence-corrected chi connectivity index (χ4v) is 3.96. The number of carbonyl (C=O) groups excluding carboxylic acids is 1. The summed E-state index contributed by atoms with van der Waals surface area (Å²) in [7, 11) is 3.12. The molecule has 1 aliphatic heterocycles. The molecule has 1 fully saturated rings. The summed E-state index contributed by atoms with van der Waals surface area (Å²) < 4.78 is 12.2. The number of benzene rings is 1. The van der Waals surface area contributed by atoms with Crippen LogP contribution < -0.4 is 20.8 Å². The van der Waals surface area contributed by atoms with Gasteiger partial charge in [-0.15, -0.1) is 0 Å². The maximum atomic E-state index is 12.7. The normalized spacial score (nSPS) is 15.6. The number of likely N-dealkylation sites (tertiary alicyclic amines) is 1. The van der Waals surface area contributed by atoms with E-state index in [0.717, 1.165) is 12.8 Å². The van der Waals surface area contributed by atoms with Crippen molar-refractivity contribution in [1.29, 1.82) is 0 Å². The number of hydrogen-bond acceptors (Lipinski definition) is 7. The Morgan fingerprint density at radius 3 is 2.67 bits per heavy atom. The first-order chi connectivity index (χ1) is 15.9. The number of H-pyrrole nitrogens is 1. The molecule has 1 atom stereocenters. The molecule has 0 aliphatic carbocycles. The van der Waals surface area contributed by atoms with Crippen LogP contribution in [0.5, 0.6) is 11.5 Å². The van der Waals surface area contributed by atoms with Gasteiger partial charge >= 0.3 is 0 Å². The molecular weight excluding hydrogens is 424 g/mol. The Labute approximate surface area is 190 Å². The van der Waals surface area contributed by atoms with Crippen molar-refractivity contribution < 1.29 is 14.3 Å². The summed E-state index contributed by atoms with van der Waals surface area (Å²) in [5.41, 5.74) is 6.94. The molecule has 1 aromatic carbocycles. The van der Waals surface area contributed by atoms with Gasteiger partial charge in [0.15, 0.2) is 5.82 Å². The molecule has 1 amide bonds. The van der Waals surface area contributed by atoms with Gasteiger partial charge in [0.1, 0.15) is 22.7 Å². The molecular formula is C23H24N6O4. The van der Waals surface area contributed by atoms with E-state index in [2.05, 4.69) is 33.7 Å². The number of hydrogen-bond donors (Lipinski definition) is 2. The number of rotatable bonds is 4. The number of aromatic amines is 1. The van der Waals surface area contributed by atoms with E-state index in [4.69, 9.17) is 15.2 Å². The minimum Gasteiger partial charge on any atom is -0.497 e. The zero-order valence-corrected chi connectivity index (χ0v) is 18.4. The second-order valence-corrected chi connectivity index (χ2v) is 7.59. The number of nitrogen functional groups attached to an aromatic ring is 1. The second kappa shape index (κ2) is 9.08. The summed E-state index contributed by atoms with van der Waals surface area (Å²) in [6.45, 7) is 4.60. The monoisotopic (exact) mass is 448 g/mol. The Bertz CT molecular complexity index is 1320. The van der Waals surface area contributed by atoms with Crippen molar-refractivity contribution in [3.8, 4) is 23.3 Å². The number of methoxy groups -OCH3 is 2. The fraction of sp³-hybridized carbons (Fsp3) is 0.304.